The number of aromatic nitrogens is 2. The van der Waals surface area contributed by atoms with E-state index in [1.807, 2.05) is 81.6 Å². The largest absolute Gasteiger partial charge is 0.341 e. The fraction of sp³-hybridized carbons (Fsp3) is 0.261. The van der Waals surface area contributed by atoms with Gasteiger partial charge in [0, 0.05) is 24.5 Å². The molecule has 0 saturated carbocycles. The number of rotatable bonds is 7. The van der Waals surface area contributed by atoms with E-state index in [1.54, 1.807) is 10.9 Å². The van der Waals surface area contributed by atoms with Crippen LogP contribution in [0.15, 0.2) is 67.0 Å². The lowest BCUT2D eigenvalue weighted by Gasteiger charge is -2.20. The minimum absolute atomic E-state index is 0.147. The third-order valence-corrected chi connectivity index (χ3v) is 4.54. The maximum atomic E-state index is 13.1. The van der Waals surface area contributed by atoms with Gasteiger partial charge in [-0.05, 0) is 42.2 Å². The highest BCUT2D eigenvalue weighted by Crippen LogP contribution is 2.22. The molecule has 0 radical (unpaired) electrons. The average molecular weight is 390 g/mol. The number of nitrogens with one attached hydrogen (secondary N) is 2. The smallest absolute Gasteiger partial charge is 0.251 e. The number of amides is 2. The first-order valence-corrected chi connectivity index (χ1v) is 9.70. The van der Waals surface area contributed by atoms with Crippen molar-refractivity contribution in [3.8, 4) is 5.69 Å². The van der Waals surface area contributed by atoms with Crippen molar-refractivity contribution in [1.29, 1.82) is 0 Å². The molecule has 0 aliphatic rings. The van der Waals surface area contributed by atoms with Crippen molar-refractivity contribution in [3.05, 3.63) is 78.1 Å². The molecule has 0 spiro atoms. The Morgan fingerprint density at radius 2 is 1.83 bits per heavy atom. The van der Waals surface area contributed by atoms with Crippen molar-refractivity contribution in [2.75, 3.05) is 5.32 Å². The van der Waals surface area contributed by atoms with E-state index < -0.39 is 6.04 Å². The van der Waals surface area contributed by atoms with Crippen LogP contribution in [-0.2, 0) is 9.59 Å². The molecular formula is C23H26N4O2. The van der Waals surface area contributed by atoms with E-state index in [1.165, 1.54) is 0 Å². The Morgan fingerprint density at radius 3 is 2.48 bits per heavy atom. The van der Waals surface area contributed by atoms with Crippen LogP contribution in [0, 0.1) is 12.8 Å². The Balaban J connectivity index is 1.85. The molecule has 0 aliphatic carbocycles. The van der Waals surface area contributed by atoms with Crippen molar-refractivity contribution < 1.29 is 9.59 Å². The molecule has 6 nitrogen and oxygen atoms in total. The van der Waals surface area contributed by atoms with Gasteiger partial charge in [-0.2, -0.15) is 5.10 Å². The second-order valence-corrected chi connectivity index (χ2v) is 7.45. The maximum absolute atomic E-state index is 13.1. The zero-order valence-electron chi connectivity index (χ0n) is 16.9. The summed E-state index contributed by atoms with van der Waals surface area (Å²) in [6.45, 7) is 5.87. The summed E-state index contributed by atoms with van der Waals surface area (Å²) in [7, 11) is 0. The molecule has 1 heterocycles. The van der Waals surface area contributed by atoms with Gasteiger partial charge in [0.25, 0.3) is 5.91 Å². The molecule has 0 fully saturated rings. The van der Waals surface area contributed by atoms with Crippen LogP contribution in [0.25, 0.3) is 5.69 Å². The number of aryl methyl sites for hydroxylation is 1. The Kier molecular flexibility index (Phi) is 6.44. The van der Waals surface area contributed by atoms with E-state index >= 15 is 0 Å². The number of carbonyl (C=O) groups excluding carboxylic acids is 2. The summed E-state index contributed by atoms with van der Waals surface area (Å²) in [6, 6.07) is 16.1. The van der Waals surface area contributed by atoms with E-state index in [2.05, 4.69) is 15.7 Å². The Hall–Kier alpha value is -3.41. The maximum Gasteiger partial charge on any atom is 0.251 e. The van der Waals surface area contributed by atoms with Gasteiger partial charge in [0.2, 0.25) is 5.91 Å². The summed E-state index contributed by atoms with van der Waals surface area (Å²) < 4.78 is 1.73. The minimum atomic E-state index is -0.768. The zero-order chi connectivity index (χ0) is 20.8. The molecular weight excluding hydrogens is 364 g/mol. The second-order valence-electron chi connectivity index (χ2n) is 7.45. The van der Waals surface area contributed by atoms with Crippen LogP contribution < -0.4 is 10.6 Å². The Morgan fingerprint density at radius 1 is 1.07 bits per heavy atom. The highest BCUT2D eigenvalue weighted by atomic mass is 16.2. The van der Waals surface area contributed by atoms with Gasteiger partial charge in [-0.25, -0.2) is 4.68 Å². The van der Waals surface area contributed by atoms with E-state index in [4.69, 9.17) is 0 Å². The van der Waals surface area contributed by atoms with E-state index in [-0.39, 0.29) is 17.7 Å². The second kappa shape index (κ2) is 9.19. The van der Waals surface area contributed by atoms with Gasteiger partial charge in [-0.3, -0.25) is 9.59 Å². The number of anilines is 1. The quantitative estimate of drug-likeness (QED) is 0.640. The average Bonchev–Trinajstić information content (AvgIpc) is 3.22. The molecule has 1 aromatic heterocycles. The molecule has 3 rings (SSSR count). The summed E-state index contributed by atoms with van der Waals surface area (Å²) >= 11 is 0. The van der Waals surface area contributed by atoms with Crippen molar-refractivity contribution >= 4 is 17.5 Å². The number of benzene rings is 2. The van der Waals surface area contributed by atoms with Gasteiger partial charge in [0.05, 0.1) is 5.69 Å². The van der Waals surface area contributed by atoms with Crippen LogP contribution in [0.2, 0.25) is 0 Å². The molecule has 2 N–H and O–H groups in total. The normalized spacial score (nSPS) is 11.9. The monoisotopic (exact) mass is 390 g/mol. The molecule has 2 aromatic carbocycles. The molecule has 0 bridgehead atoms. The zero-order valence-corrected chi connectivity index (χ0v) is 16.9. The lowest BCUT2D eigenvalue weighted by molar-refractivity contribution is -0.127. The Labute approximate surface area is 170 Å². The van der Waals surface area contributed by atoms with Crippen LogP contribution in [0.1, 0.15) is 37.4 Å². The molecule has 1 atom stereocenters. The van der Waals surface area contributed by atoms with E-state index in [0.29, 0.717) is 12.1 Å². The molecule has 0 aliphatic heterocycles. The molecule has 2 amide bonds. The standard InChI is InChI=1S/C23H26N4O2/c1-16(2)14-21(28)26-22(18-8-5-4-6-9-18)23(29)25-20-15-19(11-10-17(20)3)27-13-7-12-24-27/h4-13,15-16,22H,14H2,1-3H3,(H,25,29)(H,26,28)/t22-/m0/s1. The van der Waals surface area contributed by atoms with Crippen molar-refractivity contribution in [2.24, 2.45) is 5.92 Å². The van der Waals surface area contributed by atoms with Crippen LogP contribution in [0.4, 0.5) is 5.69 Å². The van der Waals surface area contributed by atoms with Crippen LogP contribution >= 0.6 is 0 Å². The predicted molar refractivity (Wildman–Crippen MR) is 114 cm³/mol. The number of hydrogen-bond donors (Lipinski definition) is 2. The Bertz CT molecular complexity index is 966. The summed E-state index contributed by atoms with van der Waals surface area (Å²) in [5.41, 5.74) is 3.19. The third-order valence-electron chi connectivity index (χ3n) is 4.54. The minimum Gasteiger partial charge on any atom is -0.341 e. The van der Waals surface area contributed by atoms with Crippen LogP contribution in [0.5, 0.6) is 0 Å². The highest BCUT2D eigenvalue weighted by Gasteiger charge is 2.23. The molecule has 0 saturated heterocycles. The van der Waals surface area contributed by atoms with Gasteiger partial charge < -0.3 is 10.6 Å². The molecule has 3 aromatic rings. The topological polar surface area (TPSA) is 76.0 Å². The van der Waals surface area contributed by atoms with Gasteiger partial charge in [-0.1, -0.05) is 50.2 Å². The lowest BCUT2D eigenvalue weighted by atomic mass is 10.0. The summed E-state index contributed by atoms with van der Waals surface area (Å²) in [5.74, 6) is -0.220. The molecule has 29 heavy (non-hydrogen) atoms. The first-order chi connectivity index (χ1) is 13.9. The molecule has 6 heteroatoms. The SMILES string of the molecule is Cc1ccc(-n2cccn2)cc1NC(=O)[C@@H](NC(=O)CC(C)C)c1ccccc1. The summed E-state index contributed by atoms with van der Waals surface area (Å²) in [6.07, 6.45) is 3.91. The third kappa shape index (κ3) is 5.31. The van der Waals surface area contributed by atoms with Gasteiger partial charge in [0.1, 0.15) is 6.04 Å². The van der Waals surface area contributed by atoms with Crippen LogP contribution in [-0.4, -0.2) is 21.6 Å². The van der Waals surface area contributed by atoms with Crippen molar-refractivity contribution in [2.45, 2.75) is 33.2 Å². The molecule has 0 unspecified atom stereocenters. The van der Waals surface area contributed by atoms with Gasteiger partial charge in [-0.15, -0.1) is 0 Å². The number of carbonyl (C=O) groups is 2. The highest BCUT2D eigenvalue weighted by molar-refractivity contribution is 5.98. The fourth-order valence-electron chi connectivity index (χ4n) is 3.05. The van der Waals surface area contributed by atoms with E-state index in [0.717, 1.165) is 16.8 Å². The predicted octanol–water partition coefficient (Wildman–Crippen LogP) is 4.02. The number of hydrogen-bond acceptors (Lipinski definition) is 3. The van der Waals surface area contributed by atoms with Gasteiger partial charge >= 0.3 is 0 Å². The van der Waals surface area contributed by atoms with Crippen molar-refractivity contribution in [3.63, 3.8) is 0 Å². The fourth-order valence-corrected chi connectivity index (χ4v) is 3.05. The van der Waals surface area contributed by atoms with Crippen LogP contribution in [0.3, 0.4) is 0 Å². The lowest BCUT2D eigenvalue weighted by Crippen LogP contribution is -2.37. The van der Waals surface area contributed by atoms with Crippen molar-refractivity contribution in [1.82, 2.24) is 15.1 Å². The number of nitrogens with zero attached hydrogens (tertiary/aromatic N) is 2. The summed E-state index contributed by atoms with van der Waals surface area (Å²) in [5, 5.41) is 10.1. The van der Waals surface area contributed by atoms with E-state index in [9.17, 15) is 9.59 Å². The summed E-state index contributed by atoms with van der Waals surface area (Å²) in [4.78, 5) is 25.5. The van der Waals surface area contributed by atoms with Gasteiger partial charge in [0.15, 0.2) is 0 Å². The first kappa shape index (κ1) is 20.3. The first-order valence-electron chi connectivity index (χ1n) is 9.70. The molecule has 150 valence electrons.